The van der Waals surface area contributed by atoms with Gasteiger partial charge in [-0.25, -0.2) is 0 Å². The molecule has 0 radical (unpaired) electrons. The summed E-state index contributed by atoms with van der Waals surface area (Å²) in [5, 5.41) is 4.19. The number of benzene rings is 3. The summed E-state index contributed by atoms with van der Waals surface area (Å²) >= 11 is 0. The zero-order chi connectivity index (χ0) is 12.9. The molecule has 3 aromatic rings. The molecule has 0 amide bonds. The third-order valence-electron chi connectivity index (χ3n) is 3.04. The van der Waals surface area contributed by atoms with Gasteiger partial charge in [0, 0.05) is 20.4 Å². The first kappa shape index (κ1) is 18.2. The third kappa shape index (κ3) is 4.58. The average Bonchev–Trinajstić information content (AvgIpc) is 2.51. The second-order valence-electron chi connectivity index (χ2n) is 4.34. The van der Waals surface area contributed by atoms with Crippen LogP contribution in [0.25, 0.3) is 0 Å². The standard InChI is InChI=1S/C18H15P.H3P.Pd/c1-4-10-16(11-5-1)19(17-12-6-2-7-13-17)18-14-8-3-9-15-18;;/h1-15H;1H3;. The Morgan fingerprint density at radius 3 is 0.905 bits per heavy atom. The largest absolute Gasteiger partial charge is 0.153 e. The van der Waals surface area contributed by atoms with Crippen molar-refractivity contribution in [2.24, 2.45) is 0 Å². The van der Waals surface area contributed by atoms with Crippen LogP contribution >= 0.6 is 17.8 Å². The van der Waals surface area contributed by atoms with Crippen LogP contribution < -0.4 is 15.9 Å². The van der Waals surface area contributed by atoms with Gasteiger partial charge in [0.25, 0.3) is 0 Å². The quantitative estimate of drug-likeness (QED) is 0.465. The molecule has 1 atom stereocenters. The summed E-state index contributed by atoms with van der Waals surface area (Å²) in [5.74, 6) is 0. The smallest absolute Gasteiger partial charge is 0 e. The van der Waals surface area contributed by atoms with Crippen LogP contribution in [0.5, 0.6) is 0 Å². The van der Waals surface area contributed by atoms with Crippen molar-refractivity contribution in [1.82, 2.24) is 0 Å². The molecule has 110 valence electrons. The van der Waals surface area contributed by atoms with Gasteiger partial charge in [-0.1, -0.05) is 91.0 Å². The van der Waals surface area contributed by atoms with Gasteiger partial charge in [-0.2, -0.15) is 9.90 Å². The van der Waals surface area contributed by atoms with Crippen LogP contribution in [-0.4, -0.2) is 0 Å². The Balaban J connectivity index is 0.00000110. The van der Waals surface area contributed by atoms with Gasteiger partial charge in [0.1, 0.15) is 0 Å². The normalized spacial score (nSPS) is 9.57. The van der Waals surface area contributed by atoms with E-state index in [-0.39, 0.29) is 30.3 Å². The van der Waals surface area contributed by atoms with Gasteiger partial charge in [0.15, 0.2) is 0 Å². The molecule has 0 bridgehead atoms. The molecule has 0 saturated heterocycles. The van der Waals surface area contributed by atoms with E-state index < -0.39 is 7.92 Å². The number of hydrogen-bond acceptors (Lipinski definition) is 0. The Kier molecular flexibility index (Phi) is 8.03. The second-order valence-corrected chi connectivity index (χ2v) is 6.56. The van der Waals surface area contributed by atoms with E-state index in [0.717, 1.165) is 0 Å². The van der Waals surface area contributed by atoms with Gasteiger partial charge in [0.2, 0.25) is 0 Å². The maximum absolute atomic E-state index is 2.23. The van der Waals surface area contributed by atoms with Gasteiger partial charge in [-0.05, 0) is 23.8 Å². The Morgan fingerprint density at radius 2 is 0.667 bits per heavy atom. The molecule has 0 nitrogen and oxygen atoms in total. The van der Waals surface area contributed by atoms with Crippen molar-refractivity contribution in [3.63, 3.8) is 0 Å². The molecule has 0 aliphatic rings. The molecule has 0 aliphatic carbocycles. The van der Waals surface area contributed by atoms with Crippen LogP contribution in [0.15, 0.2) is 91.0 Å². The fourth-order valence-corrected chi connectivity index (χ4v) is 4.48. The zero-order valence-electron chi connectivity index (χ0n) is 11.6. The first-order chi connectivity index (χ1) is 9.45. The number of rotatable bonds is 3. The molecule has 3 rings (SSSR count). The van der Waals surface area contributed by atoms with Crippen molar-refractivity contribution in [2.75, 3.05) is 0 Å². The van der Waals surface area contributed by atoms with E-state index in [9.17, 15) is 0 Å². The summed E-state index contributed by atoms with van der Waals surface area (Å²) in [6.07, 6.45) is 0. The van der Waals surface area contributed by atoms with Crippen molar-refractivity contribution in [1.29, 1.82) is 0 Å². The van der Waals surface area contributed by atoms with E-state index in [1.807, 2.05) is 0 Å². The fraction of sp³-hybridized carbons (Fsp3) is 0. The summed E-state index contributed by atoms with van der Waals surface area (Å²) < 4.78 is 0. The monoisotopic (exact) mass is 402 g/mol. The Hall–Kier alpha value is -0.818. The summed E-state index contributed by atoms with van der Waals surface area (Å²) in [6.45, 7) is 0. The van der Waals surface area contributed by atoms with Gasteiger partial charge >= 0.3 is 0 Å². The van der Waals surface area contributed by atoms with Crippen molar-refractivity contribution < 1.29 is 20.4 Å². The molecule has 0 saturated carbocycles. The zero-order valence-corrected chi connectivity index (χ0v) is 15.5. The maximum Gasteiger partial charge on any atom is 0 e. The van der Waals surface area contributed by atoms with Gasteiger partial charge in [-0.3, -0.25) is 0 Å². The topological polar surface area (TPSA) is 0 Å². The average molecular weight is 403 g/mol. The maximum atomic E-state index is 2.23. The molecule has 0 N–H and O–H groups in total. The summed E-state index contributed by atoms with van der Waals surface area (Å²) in [4.78, 5) is 0. The van der Waals surface area contributed by atoms with Crippen LogP contribution in [0.2, 0.25) is 0 Å². The molecule has 3 aromatic carbocycles. The van der Waals surface area contributed by atoms with Crippen LogP contribution in [0, 0.1) is 0 Å². The first-order valence-corrected chi connectivity index (χ1v) is 7.74. The molecule has 0 heterocycles. The van der Waals surface area contributed by atoms with Gasteiger partial charge in [0.05, 0.1) is 0 Å². The van der Waals surface area contributed by atoms with E-state index in [1.54, 1.807) is 0 Å². The molecule has 0 spiro atoms. The van der Waals surface area contributed by atoms with Crippen molar-refractivity contribution >= 4 is 33.7 Å². The molecule has 3 heteroatoms. The summed E-state index contributed by atoms with van der Waals surface area (Å²) in [7, 11) is -0.446. The van der Waals surface area contributed by atoms with Crippen LogP contribution in [0.1, 0.15) is 0 Å². The van der Waals surface area contributed by atoms with Gasteiger partial charge < -0.3 is 0 Å². The van der Waals surface area contributed by atoms with Crippen molar-refractivity contribution in [3.8, 4) is 0 Å². The number of hydrogen-bond donors (Lipinski definition) is 0. The second kappa shape index (κ2) is 9.25. The predicted octanol–water partition coefficient (Wildman–Crippen LogP) is 3.50. The van der Waals surface area contributed by atoms with Crippen molar-refractivity contribution in [3.05, 3.63) is 91.0 Å². The van der Waals surface area contributed by atoms with Crippen LogP contribution in [0.4, 0.5) is 0 Å². The Labute approximate surface area is 145 Å². The first-order valence-electron chi connectivity index (χ1n) is 6.40. The van der Waals surface area contributed by atoms with Gasteiger partial charge in [-0.15, -0.1) is 0 Å². The molecule has 0 fully saturated rings. The minimum atomic E-state index is -0.446. The molecular formula is C18H18P2Pd. The molecule has 21 heavy (non-hydrogen) atoms. The predicted molar refractivity (Wildman–Crippen MR) is 96.3 cm³/mol. The summed E-state index contributed by atoms with van der Waals surface area (Å²) in [6, 6.07) is 32.3. The van der Waals surface area contributed by atoms with E-state index in [4.69, 9.17) is 0 Å². The summed E-state index contributed by atoms with van der Waals surface area (Å²) in [5.41, 5.74) is 0. The molecule has 0 aliphatic heterocycles. The fourth-order valence-electron chi connectivity index (χ4n) is 2.18. The third-order valence-corrected chi connectivity index (χ3v) is 5.49. The van der Waals surface area contributed by atoms with Crippen molar-refractivity contribution in [2.45, 2.75) is 0 Å². The van der Waals surface area contributed by atoms with Crippen LogP contribution in [-0.2, 0) is 20.4 Å². The molecule has 1 unspecified atom stereocenters. The van der Waals surface area contributed by atoms with E-state index in [1.165, 1.54) is 15.9 Å². The molecular weight excluding hydrogens is 385 g/mol. The minimum absolute atomic E-state index is 0. The van der Waals surface area contributed by atoms with E-state index in [0.29, 0.717) is 0 Å². The molecule has 0 aromatic heterocycles. The Morgan fingerprint density at radius 1 is 0.429 bits per heavy atom. The SMILES string of the molecule is P.[Pd].c1ccc(P(c2ccccc2)c2ccccc2)cc1. The van der Waals surface area contributed by atoms with Crippen LogP contribution in [0.3, 0.4) is 0 Å². The Bertz CT molecular complexity index is 533. The van der Waals surface area contributed by atoms with E-state index >= 15 is 0 Å². The van der Waals surface area contributed by atoms with E-state index in [2.05, 4.69) is 91.0 Å². The minimum Gasteiger partial charge on any atom is -0.153 e.